The summed E-state index contributed by atoms with van der Waals surface area (Å²) in [5.41, 5.74) is 8.03. The van der Waals surface area contributed by atoms with Gasteiger partial charge in [0, 0.05) is 17.6 Å². The van der Waals surface area contributed by atoms with E-state index in [0.29, 0.717) is 6.42 Å². The number of benzene rings is 2. The normalized spacial score (nSPS) is 20.4. The van der Waals surface area contributed by atoms with Crippen LogP contribution in [-0.4, -0.2) is 24.9 Å². The van der Waals surface area contributed by atoms with Crippen LogP contribution in [-0.2, 0) is 9.59 Å². The molecule has 1 aliphatic heterocycles. The third-order valence-corrected chi connectivity index (χ3v) is 4.95. The van der Waals surface area contributed by atoms with Gasteiger partial charge in [-0.1, -0.05) is 58.4 Å². The molecule has 1 fully saturated rings. The summed E-state index contributed by atoms with van der Waals surface area (Å²) in [6, 6.07) is 16.1. The fourth-order valence-corrected chi connectivity index (χ4v) is 3.24. The molecule has 26 heavy (non-hydrogen) atoms. The van der Waals surface area contributed by atoms with Crippen molar-refractivity contribution in [2.24, 2.45) is 0 Å². The van der Waals surface area contributed by atoms with E-state index in [-0.39, 0.29) is 17.9 Å². The molecule has 0 bridgehead atoms. The SMILES string of the molecule is CNC(=O)C(NC(=O)C1CC(c2ccc(Br)cc2)NN1)c1ccccc1. The largest absolute Gasteiger partial charge is 0.357 e. The summed E-state index contributed by atoms with van der Waals surface area (Å²) >= 11 is 3.42. The number of likely N-dealkylation sites (N-methyl/N-ethyl adjacent to an activating group) is 1. The van der Waals surface area contributed by atoms with Gasteiger partial charge >= 0.3 is 0 Å². The molecule has 136 valence electrons. The molecule has 6 nitrogen and oxygen atoms in total. The topological polar surface area (TPSA) is 82.3 Å². The van der Waals surface area contributed by atoms with Crippen molar-refractivity contribution in [1.82, 2.24) is 21.5 Å². The molecule has 2 aromatic carbocycles. The van der Waals surface area contributed by atoms with E-state index >= 15 is 0 Å². The monoisotopic (exact) mass is 416 g/mol. The Kier molecular flexibility index (Phi) is 6.03. The van der Waals surface area contributed by atoms with Crippen LogP contribution in [0.4, 0.5) is 0 Å². The average Bonchev–Trinajstić information content (AvgIpc) is 3.17. The predicted molar refractivity (Wildman–Crippen MR) is 103 cm³/mol. The summed E-state index contributed by atoms with van der Waals surface area (Å²) in [7, 11) is 1.56. The van der Waals surface area contributed by atoms with E-state index in [9.17, 15) is 9.59 Å². The Labute approximate surface area is 160 Å². The molecule has 7 heteroatoms. The number of rotatable bonds is 5. The van der Waals surface area contributed by atoms with Gasteiger partial charge in [-0.3, -0.25) is 9.59 Å². The Balaban J connectivity index is 1.67. The minimum Gasteiger partial charge on any atom is -0.357 e. The van der Waals surface area contributed by atoms with Crippen LogP contribution < -0.4 is 21.5 Å². The lowest BCUT2D eigenvalue weighted by Gasteiger charge is -2.20. The zero-order valence-corrected chi connectivity index (χ0v) is 15.9. The molecule has 0 aromatic heterocycles. The van der Waals surface area contributed by atoms with Crippen LogP contribution in [0.15, 0.2) is 59.1 Å². The highest BCUT2D eigenvalue weighted by Gasteiger charge is 2.32. The summed E-state index contributed by atoms with van der Waals surface area (Å²) in [4.78, 5) is 24.9. The third-order valence-electron chi connectivity index (χ3n) is 4.42. The average molecular weight is 417 g/mol. The smallest absolute Gasteiger partial charge is 0.246 e. The minimum atomic E-state index is -0.720. The van der Waals surface area contributed by atoms with Crippen molar-refractivity contribution >= 4 is 27.7 Å². The van der Waals surface area contributed by atoms with E-state index in [1.807, 2.05) is 54.6 Å². The van der Waals surface area contributed by atoms with Crippen LogP contribution >= 0.6 is 15.9 Å². The zero-order chi connectivity index (χ0) is 18.5. The first-order valence-electron chi connectivity index (χ1n) is 8.42. The van der Waals surface area contributed by atoms with Crippen LogP contribution in [0.5, 0.6) is 0 Å². The lowest BCUT2D eigenvalue weighted by Crippen LogP contribution is -2.47. The van der Waals surface area contributed by atoms with Gasteiger partial charge in [-0.2, -0.15) is 0 Å². The third kappa shape index (κ3) is 4.30. The summed E-state index contributed by atoms with van der Waals surface area (Å²) < 4.78 is 1.01. The van der Waals surface area contributed by atoms with Crippen molar-refractivity contribution in [3.05, 3.63) is 70.2 Å². The number of carbonyl (C=O) groups is 2. The maximum absolute atomic E-state index is 12.7. The van der Waals surface area contributed by atoms with Crippen molar-refractivity contribution in [1.29, 1.82) is 0 Å². The molecule has 4 N–H and O–H groups in total. The Hall–Kier alpha value is -2.22. The van der Waals surface area contributed by atoms with E-state index in [4.69, 9.17) is 0 Å². The predicted octanol–water partition coefficient (Wildman–Crippen LogP) is 1.96. The van der Waals surface area contributed by atoms with Crippen molar-refractivity contribution in [3.8, 4) is 0 Å². The van der Waals surface area contributed by atoms with E-state index in [2.05, 4.69) is 37.4 Å². The summed E-state index contributed by atoms with van der Waals surface area (Å²) in [6.07, 6.45) is 0.600. The first kappa shape index (κ1) is 18.6. The van der Waals surface area contributed by atoms with E-state index in [0.717, 1.165) is 15.6 Å². The fourth-order valence-electron chi connectivity index (χ4n) is 2.97. The van der Waals surface area contributed by atoms with Crippen LogP contribution in [0, 0.1) is 0 Å². The van der Waals surface area contributed by atoms with Gasteiger partial charge in [0.15, 0.2) is 0 Å². The van der Waals surface area contributed by atoms with Gasteiger partial charge in [-0.05, 0) is 29.7 Å². The highest BCUT2D eigenvalue weighted by atomic mass is 79.9. The van der Waals surface area contributed by atoms with Gasteiger partial charge in [0.25, 0.3) is 0 Å². The van der Waals surface area contributed by atoms with Crippen molar-refractivity contribution < 1.29 is 9.59 Å². The van der Waals surface area contributed by atoms with E-state index in [1.165, 1.54) is 0 Å². The second kappa shape index (κ2) is 8.44. The minimum absolute atomic E-state index is 0.0361. The molecule has 1 aliphatic rings. The van der Waals surface area contributed by atoms with Crippen LogP contribution in [0.2, 0.25) is 0 Å². The Morgan fingerprint density at radius 3 is 2.42 bits per heavy atom. The lowest BCUT2D eigenvalue weighted by atomic mass is 10.0. The number of amides is 2. The molecule has 2 aromatic rings. The van der Waals surface area contributed by atoms with Crippen LogP contribution in [0.1, 0.15) is 29.6 Å². The van der Waals surface area contributed by atoms with Gasteiger partial charge in [-0.25, -0.2) is 10.9 Å². The van der Waals surface area contributed by atoms with Gasteiger partial charge in [0.05, 0.1) is 0 Å². The Bertz CT molecular complexity index is 767. The van der Waals surface area contributed by atoms with E-state index in [1.54, 1.807) is 7.05 Å². The summed E-state index contributed by atoms with van der Waals surface area (Å²) in [5, 5.41) is 5.45. The molecule has 3 atom stereocenters. The Morgan fingerprint density at radius 1 is 1.08 bits per heavy atom. The molecule has 0 aliphatic carbocycles. The van der Waals surface area contributed by atoms with Crippen LogP contribution in [0.25, 0.3) is 0 Å². The quantitative estimate of drug-likeness (QED) is 0.600. The molecular weight excluding hydrogens is 396 g/mol. The zero-order valence-electron chi connectivity index (χ0n) is 14.3. The molecule has 3 rings (SSSR count). The van der Waals surface area contributed by atoms with Crippen LogP contribution in [0.3, 0.4) is 0 Å². The molecule has 3 unspecified atom stereocenters. The van der Waals surface area contributed by atoms with Crippen molar-refractivity contribution in [3.63, 3.8) is 0 Å². The second-order valence-electron chi connectivity index (χ2n) is 6.15. The summed E-state index contributed by atoms with van der Waals surface area (Å²) in [6.45, 7) is 0. The molecule has 1 saturated heterocycles. The second-order valence-corrected chi connectivity index (χ2v) is 7.06. The fraction of sp³-hybridized carbons (Fsp3) is 0.263. The molecule has 1 heterocycles. The van der Waals surface area contributed by atoms with Gasteiger partial charge in [0.2, 0.25) is 11.8 Å². The maximum atomic E-state index is 12.7. The molecule has 0 spiro atoms. The maximum Gasteiger partial charge on any atom is 0.246 e. The first-order valence-corrected chi connectivity index (χ1v) is 9.21. The van der Waals surface area contributed by atoms with Gasteiger partial charge in [-0.15, -0.1) is 0 Å². The van der Waals surface area contributed by atoms with Crippen molar-refractivity contribution in [2.75, 3.05) is 7.05 Å². The first-order chi connectivity index (χ1) is 12.6. The number of hydrazine groups is 1. The highest BCUT2D eigenvalue weighted by Crippen LogP contribution is 2.24. The van der Waals surface area contributed by atoms with Gasteiger partial charge < -0.3 is 10.6 Å². The van der Waals surface area contributed by atoms with Gasteiger partial charge in [0.1, 0.15) is 12.1 Å². The number of carbonyl (C=O) groups excluding carboxylic acids is 2. The van der Waals surface area contributed by atoms with Crippen molar-refractivity contribution in [2.45, 2.75) is 24.5 Å². The lowest BCUT2D eigenvalue weighted by molar-refractivity contribution is -0.129. The number of halogens is 1. The molecule has 0 radical (unpaired) electrons. The molecular formula is C19H21BrN4O2. The number of hydrogen-bond acceptors (Lipinski definition) is 4. The highest BCUT2D eigenvalue weighted by molar-refractivity contribution is 9.10. The summed E-state index contributed by atoms with van der Waals surface area (Å²) in [5.74, 6) is -0.463. The molecule has 0 saturated carbocycles. The Morgan fingerprint density at radius 2 is 1.77 bits per heavy atom. The molecule has 2 amide bonds. The van der Waals surface area contributed by atoms with E-state index < -0.39 is 12.1 Å². The standard InChI is InChI=1S/C19H21BrN4O2/c1-21-19(26)17(13-5-3-2-4-6-13)22-18(25)16-11-15(23-24-16)12-7-9-14(20)10-8-12/h2-10,15-17,23-24H,11H2,1H3,(H,21,26)(H,22,25). The number of nitrogens with one attached hydrogen (secondary N) is 4. The number of hydrogen-bond donors (Lipinski definition) is 4.